The Kier molecular flexibility index (Phi) is 1.91. The van der Waals surface area contributed by atoms with E-state index in [0.717, 1.165) is 16.9 Å². The molecule has 0 aromatic carbocycles. The van der Waals surface area contributed by atoms with Gasteiger partial charge in [-0.25, -0.2) is 0 Å². The first-order chi connectivity index (χ1) is 6.59. The largest absolute Gasteiger partial charge is 0.346 e. The van der Waals surface area contributed by atoms with E-state index in [2.05, 4.69) is 10.1 Å². The molecule has 4 nitrogen and oxygen atoms in total. The van der Waals surface area contributed by atoms with Gasteiger partial charge in [0.1, 0.15) is 5.65 Å². The number of nitrogens with one attached hydrogen (secondary N) is 1. The Morgan fingerprint density at radius 2 is 2.21 bits per heavy atom. The normalized spacial score (nSPS) is 11.4. The summed E-state index contributed by atoms with van der Waals surface area (Å²) in [5.41, 5.74) is 2.33. The molecule has 2 rings (SSSR count). The van der Waals surface area contributed by atoms with Gasteiger partial charge < -0.3 is 4.98 Å². The molecule has 0 spiro atoms. The minimum absolute atomic E-state index is 0.0261. The van der Waals surface area contributed by atoms with Crippen molar-refractivity contribution in [3.8, 4) is 0 Å². The summed E-state index contributed by atoms with van der Waals surface area (Å²) >= 11 is 0. The first-order valence-electron chi connectivity index (χ1n) is 4.67. The number of hydrogen-bond acceptors (Lipinski definition) is 2. The second-order valence-electron chi connectivity index (χ2n) is 3.79. The zero-order chi connectivity index (χ0) is 10.3. The van der Waals surface area contributed by atoms with E-state index in [1.54, 1.807) is 6.20 Å². The van der Waals surface area contributed by atoms with Crippen LogP contribution in [0.25, 0.3) is 5.65 Å². The van der Waals surface area contributed by atoms with Gasteiger partial charge in [-0.05, 0) is 12.8 Å². The van der Waals surface area contributed by atoms with E-state index in [1.807, 2.05) is 26.8 Å². The van der Waals surface area contributed by atoms with Crippen LogP contribution >= 0.6 is 0 Å². The van der Waals surface area contributed by atoms with E-state index in [0.29, 0.717) is 0 Å². The average Bonchev–Trinajstić information content (AvgIpc) is 2.46. The molecule has 4 heteroatoms. The summed E-state index contributed by atoms with van der Waals surface area (Å²) in [6.45, 7) is 5.86. The van der Waals surface area contributed by atoms with E-state index in [-0.39, 0.29) is 11.5 Å². The topological polar surface area (TPSA) is 50.2 Å². The third-order valence-corrected chi connectivity index (χ3v) is 2.27. The molecule has 0 aliphatic heterocycles. The average molecular weight is 191 g/mol. The first kappa shape index (κ1) is 8.99. The maximum absolute atomic E-state index is 11.9. The Morgan fingerprint density at radius 3 is 2.86 bits per heavy atom. The minimum atomic E-state index is -0.0261. The van der Waals surface area contributed by atoms with E-state index in [1.165, 1.54) is 4.52 Å². The second kappa shape index (κ2) is 2.97. The third-order valence-electron chi connectivity index (χ3n) is 2.27. The monoisotopic (exact) mass is 191 g/mol. The van der Waals surface area contributed by atoms with Crippen molar-refractivity contribution in [3.63, 3.8) is 0 Å². The lowest BCUT2D eigenvalue weighted by Crippen LogP contribution is -2.20. The fourth-order valence-corrected chi connectivity index (χ4v) is 1.51. The molecule has 0 amide bonds. The molecule has 2 heterocycles. The van der Waals surface area contributed by atoms with E-state index >= 15 is 0 Å². The SMILES string of the molecule is Cc1cc2[nH]cc(C(C)C)c(=O)n2n1. The first-order valence-corrected chi connectivity index (χ1v) is 4.67. The molecular weight excluding hydrogens is 178 g/mol. The van der Waals surface area contributed by atoms with Gasteiger partial charge >= 0.3 is 0 Å². The highest BCUT2D eigenvalue weighted by Crippen LogP contribution is 2.08. The van der Waals surface area contributed by atoms with Gasteiger partial charge in [-0.2, -0.15) is 9.61 Å². The van der Waals surface area contributed by atoms with Crippen molar-refractivity contribution in [2.24, 2.45) is 0 Å². The summed E-state index contributed by atoms with van der Waals surface area (Å²) in [7, 11) is 0. The molecule has 74 valence electrons. The van der Waals surface area contributed by atoms with Crippen LogP contribution in [0.1, 0.15) is 31.0 Å². The van der Waals surface area contributed by atoms with Crippen molar-refractivity contribution < 1.29 is 0 Å². The zero-order valence-corrected chi connectivity index (χ0v) is 8.53. The molecule has 1 N–H and O–H groups in total. The number of aromatic amines is 1. The van der Waals surface area contributed by atoms with Crippen LogP contribution in [0, 0.1) is 6.92 Å². The van der Waals surface area contributed by atoms with Gasteiger partial charge in [0.25, 0.3) is 5.56 Å². The quantitative estimate of drug-likeness (QED) is 0.741. The maximum Gasteiger partial charge on any atom is 0.277 e. The van der Waals surface area contributed by atoms with Crippen LogP contribution < -0.4 is 5.56 Å². The summed E-state index contributed by atoms with van der Waals surface area (Å²) in [6.07, 6.45) is 1.77. The molecule has 2 aromatic heterocycles. The van der Waals surface area contributed by atoms with E-state index in [4.69, 9.17) is 0 Å². The predicted molar refractivity (Wildman–Crippen MR) is 54.6 cm³/mol. The highest BCUT2D eigenvalue weighted by molar-refractivity contribution is 5.39. The van der Waals surface area contributed by atoms with Gasteiger partial charge in [0, 0.05) is 17.8 Å². The van der Waals surface area contributed by atoms with Gasteiger partial charge in [-0.3, -0.25) is 4.79 Å². The predicted octanol–water partition coefficient (Wildman–Crippen LogP) is 1.45. The van der Waals surface area contributed by atoms with Gasteiger partial charge in [-0.15, -0.1) is 0 Å². The fraction of sp³-hybridized carbons (Fsp3) is 0.400. The molecule has 0 radical (unpaired) electrons. The van der Waals surface area contributed by atoms with Crippen LogP contribution in [0.4, 0.5) is 0 Å². The Bertz CT molecular complexity index is 522. The van der Waals surface area contributed by atoms with Crippen molar-refractivity contribution in [2.75, 3.05) is 0 Å². The van der Waals surface area contributed by atoms with Crippen LogP contribution in [0.5, 0.6) is 0 Å². The number of rotatable bonds is 1. The number of hydrogen-bond donors (Lipinski definition) is 1. The summed E-state index contributed by atoms with van der Waals surface area (Å²) < 4.78 is 1.42. The molecule has 0 fully saturated rings. The molecular formula is C10H13N3O. The van der Waals surface area contributed by atoms with Crippen molar-refractivity contribution in [3.05, 3.63) is 33.9 Å². The van der Waals surface area contributed by atoms with Crippen LogP contribution in [0.15, 0.2) is 17.1 Å². The zero-order valence-electron chi connectivity index (χ0n) is 8.53. The molecule has 0 saturated carbocycles. The van der Waals surface area contributed by atoms with Crippen molar-refractivity contribution in [2.45, 2.75) is 26.7 Å². The van der Waals surface area contributed by atoms with Gasteiger partial charge in [0.2, 0.25) is 0 Å². The summed E-state index contributed by atoms with van der Waals surface area (Å²) in [6, 6.07) is 1.85. The van der Waals surface area contributed by atoms with Gasteiger partial charge in [0.05, 0.1) is 5.69 Å². The Balaban J connectivity index is 2.81. The lowest BCUT2D eigenvalue weighted by Gasteiger charge is -2.03. The number of H-pyrrole nitrogens is 1. The molecule has 0 unspecified atom stereocenters. The molecule has 2 aromatic rings. The standard InChI is InChI=1S/C10H13N3O/c1-6(2)8-5-11-9-4-7(3)12-13(9)10(8)14/h4-6,11H,1-3H3. The van der Waals surface area contributed by atoms with Gasteiger partial charge in [-0.1, -0.05) is 13.8 Å². The molecule has 0 saturated heterocycles. The highest BCUT2D eigenvalue weighted by atomic mass is 16.1. The van der Waals surface area contributed by atoms with Crippen LogP contribution in [-0.4, -0.2) is 14.6 Å². The Morgan fingerprint density at radius 1 is 1.50 bits per heavy atom. The summed E-state index contributed by atoms with van der Waals surface area (Å²) in [4.78, 5) is 14.9. The van der Waals surface area contributed by atoms with Gasteiger partial charge in [0.15, 0.2) is 0 Å². The molecule has 0 atom stereocenters. The Labute approximate surface area is 81.6 Å². The lowest BCUT2D eigenvalue weighted by atomic mass is 10.1. The third kappa shape index (κ3) is 1.23. The molecule has 0 bridgehead atoms. The minimum Gasteiger partial charge on any atom is -0.346 e. The second-order valence-corrected chi connectivity index (χ2v) is 3.79. The molecule has 0 aliphatic carbocycles. The summed E-state index contributed by atoms with van der Waals surface area (Å²) in [5, 5.41) is 4.13. The van der Waals surface area contributed by atoms with E-state index in [9.17, 15) is 4.79 Å². The van der Waals surface area contributed by atoms with Crippen LogP contribution in [0.2, 0.25) is 0 Å². The number of aryl methyl sites for hydroxylation is 1. The van der Waals surface area contributed by atoms with Crippen LogP contribution in [-0.2, 0) is 0 Å². The maximum atomic E-state index is 11.9. The lowest BCUT2D eigenvalue weighted by molar-refractivity contribution is 0.789. The summed E-state index contributed by atoms with van der Waals surface area (Å²) in [5.74, 6) is 0.215. The van der Waals surface area contributed by atoms with Crippen molar-refractivity contribution in [1.82, 2.24) is 14.6 Å². The van der Waals surface area contributed by atoms with Crippen LogP contribution in [0.3, 0.4) is 0 Å². The number of aromatic nitrogens is 3. The number of fused-ring (bicyclic) bond motifs is 1. The Hall–Kier alpha value is -1.58. The molecule has 0 aliphatic rings. The highest BCUT2D eigenvalue weighted by Gasteiger charge is 2.09. The van der Waals surface area contributed by atoms with Crippen molar-refractivity contribution >= 4 is 5.65 Å². The fourth-order valence-electron chi connectivity index (χ4n) is 1.51. The van der Waals surface area contributed by atoms with E-state index < -0.39 is 0 Å². The number of nitrogens with zero attached hydrogens (tertiary/aromatic N) is 2. The molecule has 14 heavy (non-hydrogen) atoms. The smallest absolute Gasteiger partial charge is 0.277 e. The van der Waals surface area contributed by atoms with Crippen molar-refractivity contribution in [1.29, 1.82) is 0 Å².